The number of pyridine rings is 4. The molecule has 0 bridgehead atoms. The van der Waals surface area contributed by atoms with Crippen molar-refractivity contribution in [2.24, 2.45) is 0 Å². The summed E-state index contributed by atoms with van der Waals surface area (Å²) in [6.07, 6.45) is 8.21. The third-order valence-electron chi connectivity index (χ3n) is 6.42. The molecule has 184 valence electrons. The lowest BCUT2D eigenvalue weighted by Gasteiger charge is -2.35. The number of carbonyl (C=O) groups is 1. The molecule has 1 N–H and O–H groups in total. The van der Waals surface area contributed by atoms with Crippen molar-refractivity contribution in [2.75, 3.05) is 6.61 Å². The van der Waals surface area contributed by atoms with Crippen LogP contribution in [0.4, 0.5) is 0 Å². The Balaban J connectivity index is 1.23. The van der Waals surface area contributed by atoms with E-state index >= 15 is 0 Å². The van der Waals surface area contributed by atoms with Gasteiger partial charge >= 0.3 is 0 Å². The standard InChI is InChI=1S/C27H24N8O2/c1-2-37-19-8-9-22(31-16-19)26-34-33-25(35(26)23-7-3-4-11-29-23)17-14-18(15-17)32-27(36)20-10-13-28-21-6-5-12-30-24(20)21/h3-13,16-18H,2,14-15H2,1H3,(H,32,36)/t17-,18-. The van der Waals surface area contributed by atoms with E-state index in [0.29, 0.717) is 40.5 Å². The van der Waals surface area contributed by atoms with Crippen LogP contribution in [0.3, 0.4) is 0 Å². The van der Waals surface area contributed by atoms with Crippen LogP contribution in [0.2, 0.25) is 0 Å². The lowest BCUT2D eigenvalue weighted by atomic mass is 9.79. The first-order valence-corrected chi connectivity index (χ1v) is 12.2. The summed E-state index contributed by atoms with van der Waals surface area (Å²) >= 11 is 0. The molecule has 37 heavy (non-hydrogen) atoms. The average Bonchev–Trinajstić information content (AvgIpc) is 3.35. The number of ether oxygens (including phenoxy) is 1. The maximum absolute atomic E-state index is 13.0. The molecule has 0 unspecified atom stereocenters. The van der Waals surface area contributed by atoms with Crippen molar-refractivity contribution in [3.8, 4) is 23.1 Å². The highest BCUT2D eigenvalue weighted by Gasteiger charge is 2.36. The first-order chi connectivity index (χ1) is 18.2. The predicted molar refractivity (Wildman–Crippen MR) is 136 cm³/mol. The Kier molecular flexibility index (Phi) is 5.97. The molecule has 10 nitrogen and oxygen atoms in total. The topological polar surface area (TPSA) is 121 Å². The summed E-state index contributed by atoms with van der Waals surface area (Å²) in [6.45, 7) is 2.50. The van der Waals surface area contributed by atoms with E-state index in [-0.39, 0.29) is 17.9 Å². The van der Waals surface area contributed by atoms with Gasteiger partial charge in [0.2, 0.25) is 0 Å². The molecule has 1 fully saturated rings. The van der Waals surface area contributed by atoms with E-state index in [1.165, 1.54) is 0 Å². The van der Waals surface area contributed by atoms with E-state index in [1.54, 1.807) is 30.9 Å². The lowest BCUT2D eigenvalue weighted by Crippen LogP contribution is -2.44. The van der Waals surface area contributed by atoms with Gasteiger partial charge in [-0.05, 0) is 62.2 Å². The minimum Gasteiger partial charge on any atom is -0.492 e. The fourth-order valence-electron chi connectivity index (χ4n) is 4.58. The highest BCUT2D eigenvalue weighted by molar-refractivity contribution is 6.04. The van der Waals surface area contributed by atoms with Crippen molar-refractivity contribution < 1.29 is 9.53 Å². The normalized spacial score (nSPS) is 16.8. The van der Waals surface area contributed by atoms with Crippen molar-refractivity contribution in [1.82, 2.24) is 40.0 Å². The van der Waals surface area contributed by atoms with Gasteiger partial charge in [0.15, 0.2) is 5.82 Å². The van der Waals surface area contributed by atoms with Gasteiger partial charge in [-0.3, -0.25) is 19.3 Å². The summed E-state index contributed by atoms with van der Waals surface area (Å²) in [6, 6.07) is 14.8. The molecular formula is C27H24N8O2. The Labute approximate surface area is 212 Å². The summed E-state index contributed by atoms with van der Waals surface area (Å²) in [5, 5.41) is 12.1. The molecule has 0 aliphatic heterocycles. The summed E-state index contributed by atoms with van der Waals surface area (Å²) in [5.41, 5.74) is 2.49. The fraction of sp³-hybridized carbons (Fsp3) is 0.222. The van der Waals surface area contributed by atoms with E-state index in [9.17, 15) is 4.79 Å². The molecule has 6 rings (SSSR count). The zero-order valence-corrected chi connectivity index (χ0v) is 20.2. The molecular weight excluding hydrogens is 468 g/mol. The molecule has 1 amide bonds. The molecule has 10 heteroatoms. The Morgan fingerprint density at radius 2 is 1.86 bits per heavy atom. The minimum atomic E-state index is -0.153. The highest BCUT2D eigenvalue weighted by Crippen LogP contribution is 2.38. The SMILES string of the molecule is CCOc1ccc(-c2nnc([C@H]3C[C@H](NC(=O)c4ccnc5cccnc45)C3)n2-c2ccccn2)nc1. The first-order valence-electron chi connectivity index (χ1n) is 12.2. The van der Waals surface area contributed by atoms with Gasteiger partial charge in [0.25, 0.3) is 5.91 Å². The Hall–Kier alpha value is -4.73. The van der Waals surface area contributed by atoms with Crippen LogP contribution in [0.1, 0.15) is 41.9 Å². The second-order valence-electron chi connectivity index (χ2n) is 8.79. The van der Waals surface area contributed by atoms with Crippen molar-refractivity contribution in [2.45, 2.75) is 31.7 Å². The van der Waals surface area contributed by atoms with E-state index in [0.717, 1.165) is 24.5 Å². The van der Waals surface area contributed by atoms with Crippen LogP contribution in [0.5, 0.6) is 5.75 Å². The number of rotatable bonds is 7. The fourth-order valence-corrected chi connectivity index (χ4v) is 4.58. The summed E-state index contributed by atoms with van der Waals surface area (Å²) in [7, 11) is 0. The third-order valence-corrected chi connectivity index (χ3v) is 6.42. The van der Waals surface area contributed by atoms with E-state index in [2.05, 4.69) is 35.5 Å². The molecule has 0 aromatic carbocycles. The molecule has 5 heterocycles. The molecule has 0 atom stereocenters. The van der Waals surface area contributed by atoms with Gasteiger partial charge in [0.1, 0.15) is 28.6 Å². The summed E-state index contributed by atoms with van der Waals surface area (Å²) in [5.74, 6) is 2.79. The molecule has 1 aliphatic rings. The van der Waals surface area contributed by atoms with E-state index in [1.807, 2.05) is 54.0 Å². The Bertz CT molecular complexity index is 1540. The molecule has 1 saturated carbocycles. The van der Waals surface area contributed by atoms with Gasteiger partial charge in [0, 0.05) is 30.6 Å². The molecule has 5 aromatic rings. The minimum absolute atomic E-state index is 0.0189. The van der Waals surface area contributed by atoms with Crippen LogP contribution in [0, 0.1) is 0 Å². The van der Waals surface area contributed by atoms with Gasteiger partial charge in [0.05, 0.1) is 23.9 Å². The number of amides is 1. The summed E-state index contributed by atoms with van der Waals surface area (Å²) in [4.78, 5) is 30.7. The third kappa shape index (κ3) is 4.37. The van der Waals surface area contributed by atoms with Crippen LogP contribution < -0.4 is 10.1 Å². The molecule has 0 spiro atoms. The van der Waals surface area contributed by atoms with Crippen molar-refractivity contribution in [3.63, 3.8) is 0 Å². The van der Waals surface area contributed by atoms with Crippen molar-refractivity contribution in [1.29, 1.82) is 0 Å². The van der Waals surface area contributed by atoms with Crippen LogP contribution >= 0.6 is 0 Å². The molecule has 0 saturated heterocycles. The number of nitrogens with one attached hydrogen (secondary N) is 1. The van der Waals surface area contributed by atoms with Gasteiger partial charge < -0.3 is 10.1 Å². The number of fused-ring (bicyclic) bond motifs is 1. The van der Waals surface area contributed by atoms with Gasteiger partial charge in [-0.25, -0.2) is 9.97 Å². The maximum Gasteiger partial charge on any atom is 0.253 e. The number of carbonyl (C=O) groups excluding carboxylic acids is 1. The number of hydrogen-bond acceptors (Lipinski definition) is 8. The number of nitrogens with zero attached hydrogens (tertiary/aromatic N) is 7. The second-order valence-corrected chi connectivity index (χ2v) is 8.79. The average molecular weight is 493 g/mol. The Morgan fingerprint density at radius 3 is 2.65 bits per heavy atom. The number of aromatic nitrogens is 7. The van der Waals surface area contributed by atoms with E-state index < -0.39 is 0 Å². The monoisotopic (exact) mass is 492 g/mol. The maximum atomic E-state index is 13.0. The molecule has 0 radical (unpaired) electrons. The zero-order valence-electron chi connectivity index (χ0n) is 20.2. The highest BCUT2D eigenvalue weighted by atomic mass is 16.5. The quantitative estimate of drug-likeness (QED) is 0.365. The van der Waals surface area contributed by atoms with Crippen LogP contribution in [0.15, 0.2) is 73.3 Å². The first kappa shape index (κ1) is 22.7. The van der Waals surface area contributed by atoms with E-state index in [4.69, 9.17) is 4.74 Å². The lowest BCUT2D eigenvalue weighted by molar-refractivity contribution is 0.0908. The van der Waals surface area contributed by atoms with Crippen molar-refractivity contribution in [3.05, 3.63) is 84.7 Å². The van der Waals surface area contributed by atoms with Crippen LogP contribution in [0.25, 0.3) is 28.4 Å². The summed E-state index contributed by atoms with van der Waals surface area (Å²) < 4.78 is 7.47. The second kappa shape index (κ2) is 9.73. The Morgan fingerprint density at radius 1 is 0.973 bits per heavy atom. The van der Waals surface area contributed by atoms with Crippen LogP contribution in [-0.4, -0.2) is 53.3 Å². The smallest absolute Gasteiger partial charge is 0.253 e. The van der Waals surface area contributed by atoms with Crippen LogP contribution in [-0.2, 0) is 0 Å². The molecule has 5 aromatic heterocycles. The van der Waals surface area contributed by atoms with Gasteiger partial charge in [-0.15, -0.1) is 10.2 Å². The van der Waals surface area contributed by atoms with Crippen molar-refractivity contribution >= 4 is 16.9 Å². The largest absolute Gasteiger partial charge is 0.492 e. The van der Waals surface area contributed by atoms with Gasteiger partial charge in [-0.2, -0.15) is 0 Å². The zero-order chi connectivity index (χ0) is 25.2. The number of hydrogen-bond donors (Lipinski definition) is 1. The van der Waals surface area contributed by atoms with Gasteiger partial charge in [-0.1, -0.05) is 6.07 Å². The predicted octanol–water partition coefficient (Wildman–Crippen LogP) is 3.74. The molecule has 1 aliphatic carbocycles.